The average molecular weight is 313 g/mol. The van der Waals surface area contributed by atoms with Gasteiger partial charge in [0.15, 0.2) is 0 Å². The molecule has 110 valence electrons. The Labute approximate surface area is 142 Å². The van der Waals surface area contributed by atoms with E-state index in [2.05, 4.69) is 41.5 Å². The molecule has 19 heavy (non-hydrogen) atoms. The van der Waals surface area contributed by atoms with E-state index in [0.717, 1.165) is 17.8 Å². The first-order chi connectivity index (χ1) is 8.33. The van der Waals surface area contributed by atoms with Gasteiger partial charge < -0.3 is 0 Å². The minimum Gasteiger partial charge on any atom is -0.293 e. The topological polar surface area (TPSA) is 0 Å². The summed E-state index contributed by atoms with van der Waals surface area (Å²) in [6.07, 6.45) is 5.15. The molecule has 0 aromatic rings. The van der Waals surface area contributed by atoms with Crippen LogP contribution in [0.3, 0.4) is 0 Å². The third-order valence-corrected chi connectivity index (χ3v) is 7.55. The summed E-state index contributed by atoms with van der Waals surface area (Å²) in [5.74, 6) is 2.78. The molecule has 0 bridgehead atoms. The van der Waals surface area contributed by atoms with E-state index in [-0.39, 0.29) is 21.7 Å². The maximum absolute atomic E-state index is 4.93. The average Bonchev–Trinajstić information content (AvgIpc) is 2.16. The maximum Gasteiger partial charge on any atom is 0.262 e. The van der Waals surface area contributed by atoms with Crippen LogP contribution in [0.5, 0.6) is 0 Å². The van der Waals surface area contributed by atoms with E-state index < -0.39 is 14.1 Å². The Kier molecular flexibility index (Phi) is 21.8. The van der Waals surface area contributed by atoms with Gasteiger partial charge in [-0.3, -0.25) is 6.58 Å². The van der Waals surface area contributed by atoms with Crippen LogP contribution < -0.4 is 0 Å². The van der Waals surface area contributed by atoms with Crippen LogP contribution in [0.1, 0.15) is 48.5 Å². The van der Waals surface area contributed by atoms with Crippen LogP contribution in [0, 0.1) is 24.3 Å². The van der Waals surface area contributed by atoms with E-state index in [1.54, 1.807) is 21.9 Å². The smallest absolute Gasteiger partial charge is 0.262 e. The van der Waals surface area contributed by atoms with Gasteiger partial charge >= 0.3 is 0 Å². The first kappa shape index (κ1) is 24.7. The van der Waals surface area contributed by atoms with Gasteiger partial charge in [-0.25, -0.2) is 12.2 Å². The molecule has 0 fully saturated rings. The van der Waals surface area contributed by atoms with Crippen molar-refractivity contribution in [1.82, 2.24) is 0 Å². The van der Waals surface area contributed by atoms with Crippen LogP contribution in [0.15, 0.2) is 18.2 Å². The zero-order chi connectivity index (χ0) is 14.6. The van der Waals surface area contributed by atoms with E-state index in [9.17, 15) is 0 Å². The van der Waals surface area contributed by atoms with E-state index in [1.807, 2.05) is 13.0 Å². The van der Waals surface area contributed by atoms with Crippen LogP contribution in [-0.4, -0.2) is 14.1 Å². The fraction of sp³-hybridized carbons (Fsp3) is 0.765. The van der Waals surface area contributed by atoms with Crippen LogP contribution >= 0.6 is 0 Å². The van der Waals surface area contributed by atoms with Crippen molar-refractivity contribution in [3.8, 4) is 0 Å². The molecule has 0 nitrogen and oxygen atoms in total. The third kappa shape index (κ3) is 24.2. The van der Waals surface area contributed by atoms with Gasteiger partial charge in [0, 0.05) is 21.7 Å². The predicted octanol–water partition coefficient (Wildman–Crippen LogP) is 6.00. The Morgan fingerprint density at radius 3 is 1.26 bits per heavy atom. The van der Waals surface area contributed by atoms with Crippen molar-refractivity contribution in [1.29, 1.82) is 0 Å². The summed E-state index contributed by atoms with van der Waals surface area (Å²) < 4.78 is 0. The summed E-state index contributed by atoms with van der Waals surface area (Å²) in [5.41, 5.74) is 0. The van der Waals surface area contributed by atoms with Gasteiger partial charge in [-0.1, -0.05) is 82.1 Å². The zero-order valence-corrected chi connectivity index (χ0v) is 17.0. The molecule has 0 rings (SSSR count). The van der Waals surface area contributed by atoms with E-state index in [1.165, 1.54) is 6.08 Å². The number of hydrogen-bond donors (Lipinski definition) is 0. The van der Waals surface area contributed by atoms with Crippen molar-refractivity contribution in [3.05, 3.63) is 24.8 Å². The molecule has 0 saturated carbocycles. The molecular weight excluding hydrogens is 279 g/mol. The molecule has 0 saturated heterocycles. The maximum atomic E-state index is 4.93. The monoisotopic (exact) mass is 313 g/mol. The number of hydrogen-bond acceptors (Lipinski definition) is 0. The van der Waals surface area contributed by atoms with Gasteiger partial charge in [-0.15, -0.1) is 0 Å². The van der Waals surface area contributed by atoms with Gasteiger partial charge in [0.05, 0.1) is 0 Å². The van der Waals surface area contributed by atoms with E-state index in [4.69, 9.17) is 6.58 Å². The first-order valence-corrected chi connectivity index (χ1v) is 9.94. The summed E-state index contributed by atoms with van der Waals surface area (Å²) in [5, 5.41) is 4.66. The van der Waals surface area contributed by atoms with Crippen LogP contribution in [0.2, 0.25) is 15.8 Å². The standard InChI is InChI=1S/C5H7.3C4H9.Al.Ti/c1-3-5-4-2;3*1-4(2)3;;/h1,3-5H,2H3;3*4H,1H2,2-3H3;;/q-1;;;;;. The third-order valence-electron chi connectivity index (χ3n) is 2.72. The molecule has 0 aromatic heterocycles. The Morgan fingerprint density at radius 1 is 0.842 bits per heavy atom. The van der Waals surface area contributed by atoms with Crippen molar-refractivity contribution in [2.75, 3.05) is 0 Å². The van der Waals surface area contributed by atoms with Gasteiger partial charge in [0.2, 0.25) is 0 Å². The zero-order valence-electron chi connectivity index (χ0n) is 14.2. The first-order valence-electron chi connectivity index (χ1n) is 7.49. The molecular formula is C17H34AlTi-. The SMILES string of the molecule is CC(C)[CH2][Al]([CH2]C(C)C)[CH2]C(C)C.[CH-]=CC=CC.[Ti]. The quantitative estimate of drug-likeness (QED) is 0.307. The van der Waals surface area contributed by atoms with Gasteiger partial charge in [-0.05, 0) is 0 Å². The summed E-state index contributed by atoms with van der Waals surface area (Å²) in [6.45, 7) is 21.1. The summed E-state index contributed by atoms with van der Waals surface area (Å²) in [4.78, 5) is 0. The second-order valence-electron chi connectivity index (χ2n) is 6.47. The molecule has 0 radical (unpaired) electrons. The van der Waals surface area contributed by atoms with Crippen LogP contribution in [0.4, 0.5) is 0 Å². The van der Waals surface area contributed by atoms with E-state index >= 15 is 0 Å². The summed E-state index contributed by atoms with van der Waals surface area (Å²) >= 11 is -0.407. The summed E-state index contributed by atoms with van der Waals surface area (Å²) in [7, 11) is 0. The minimum atomic E-state index is -0.407. The van der Waals surface area contributed by atoms with Gasteiger partial charge in [0.1, 0.15) is 0 Å². The van der Waals surface area contributed by atoms with Crippen molar-refractivity contribution in [2.45, 2.75) is 64.3 Å². The molecule has 2 heteroatoms. The van der Waals surface area contributed by atoms with Crippen LogP contribution in [-0.2, 0) is 21.7 Å². The van der Waals surface area contributed by atoms with Crippen molar-refractivity contribution in [3.63, 3.8) is 0 Å². The molecule has 0 aliphatic heterocycles. The van der Waals surface area contributed by atoms with Crippen molar-refractivity contribution >= 4 is 14.1 Å². The molecule has 0 aliphatic carbocycles. The summed E-state index contributed by atoms with van der Waals surface area (Å²) in [6, 6.07) is 0. The van der Waals surface area contributed by atoms with Crippen molar-refractivity contribution < 1.29 is 21.7 Å². The minimum absolute atomic E-state index is 0. The second kappa shape index (κ2) is 16.8. The fourth-order valence-corrected chi connectivity index (χ4v) is 6.98. The molecule has 0 aliphatic rings. The Balaban J connectivity index is -0.000000366. The number of allylic oxidation sites excluding steroid dienone is 3. The Bertz CT molecular complexity index is 184. The van der Waals surface area contributed by atoms with Crippen LogP contribution in [0.25, 0.3) is 0 Å². The normalized spacial score (nSPS) is 10.4. The van der Waals surface area contributed by atoms with E-state index in [0.29, 0.717) is 0 Å². The molecule has 0 spiro atoms. The fourth-order valence-electron chi connectivity index (χ4n) is 2.40. The molecule has 0 atom stereocenters. The molecule has 0 amide bonds. The second-order valence-corrected chi connectivity index (χ2v) is 9.62. The molecule has 0 N–H and O–H groups in total. The number of rotatable bonds is 7. The Hall–Kier alpha value is 0.727. The molecule has 0 heterocycles. The van der Waals surface area contributed by atoms with Gasteiger partial charge in [0.25, 0.3) is 14.1 Å². The Morgan fingerprint density at radius 2 is 1.16 bits per heavy atom. The molecule has 0 aromatic carbocycles. The van der Waals surface area contributed by atoms with Gasteiger partial charge in [-0.2, -0.15) is 6.08 Å². The van der Waals surface area contributed by atoms with Crippen molar-refractivity contribution in [2.24, 2.45) is 17.8 Å². The largest absolute Gasteiger partial charge is 0.293 e. The predicted molar refractivity (Wildman–Crippen MR) is 88.4 cm³/mol. The molecule has 0 unspecified atom stereocenters.